The average molecular weight is 432 g/mol. The Morgan fingerprint density at radius 1 is 0.839 bits per heavy atom. The van der Waals surface area contributed by atoms with E-state index in [1.807, 2.05) is 11.9 Å². The van der Waals surface area contributed by atoms with Gasteiger partial charge in [0.25, 0.3) is 0 Å². The number of carbonyl (C=O) groups is 1. The highest BCUT2D eigenvalue weighted by Gasteiger charge is 2.22. The second-order valence-corrected chi connectivity index (χ2v) is 9.96. The van der Waals surface area contributed by atoms with Gasteiger partial charge < -0.3 is 4.90 Å². The Kier molecular flexibility index (Phi) is 10.8. The first kappa shape index (κ1) is 24.2. The molecule has 1 aromatic heterocycles. The van der Waals surface area contributed by atoms with Crippen LogP contribution in [0.1, 0.15) is 134 Å². The highest BCUT2D eigenvalue weighted by molar-refractivity contribution is 5.76. The van der Waals surface area contributed by atoms with Crippen LogP contribution in [0.15, 0.2) is 0 Å². The zero-order valence-electron chi connectivity index (χ0n) is 19.9. The van der Waals surface area contributed by atoms with Gasteiger partial charge in [0, 0.05) is 25.9 Å². The van der Waals surface area contributed by atoms with Crippen LogP contribution in [0.5, 0.6) is 0 Å². The minimum absolute atomic E-state index is 0.285. The number of nitrogens with zero attached hydrogens (tertiary/aromatic N) is 5. The van der Waals surface area contributed by atoms with Gasteiger partial charge in [-0.15, -0.1) is 5.10 Å². The van der Waals surface area contributed by atoms with Crippen LogP contribution in [0.2, 0.25) is 0 Å². The van der Waals surface area contributed by atoms with Crippen molar-refractivity contribution >= 4 is 5.91 Å². The molecular formula is C25H45N5O. The number of carbonyl (C=O) groups excluding carboxylic acids is 1. The number of hydrogen-bond acceptors (Lipinski definition) is 4. The predicted octanol–water partition coefficient (Wildman–Crippen LogP) is 6.02. The van der Waals surface area contributed by atoms with Crippen molar-refractivity contribution in [1.82, 2.24) is 25.1 Å². The molecule has 2 aliphatic rings. The average Bonchev–Trinajstić information content (AvgIpc) is 3.27. The van der Waals surface area contributed by atoms with E-state index in [-0.39, 0.29) is 5.91 Å². The lowest BCUT2D eigenvalue weighted by molar-refractivity contribution is -0.132. The maximum Gasteiger partial charge on any atom is 0.222 e. The lowest BCUT2D eigenvalue weighted by Gasteiger charge is -2.31. The first-order valence-corrected chi connectivity index (χ1v) is 13.3. The SMILES string of the molecule is CN(C(=O)CCCc1nnnn1C1CCCCCCCCCCCC1)C1CCCCC1. The lowest BCUT2D eigenvalue weighted by Crippen LogP contribution is -2.38. The van der Waals surface area contributed by atoms with E-state index < -0.39 is 0 Å². The molecule has 3 rings (SSSR count). The van der Waals surface area contributed by atoms with Gasteiger partial charge in [-0.1, -0.05) is 83.5 Å². The molecule has 0 aliphatic heterocycles. The van der Waals surface area contributed by atoms with E-state index in [0.717, 1.165) is 18.7 Å². The Morgan fingerprint density at radius 2 is 1.35 bits per heavy atom. The van der Waals surface area contributed by atoms with E-state index in [1.165, 1.54) is 109 Å². The number of aromatic nitrogens is 4. The van der Waals surface area contributed by atoms with Gasteiger partial charge in [-0.3, -0.25) is 4.79 Å². The third-order valence-electron chi connectivity index (χ3n) is 7.54. The monoisotopic (exact) mass is 431 g/mol. The van der Waals surface area contributed by atoms with Crippen LogP contribution in [-0.4, -0.2) is 44.1 Å². The summed E-state index contributed by atoms with van der Waals surface area (Å²) < 4.78 is 2.11. The smallest absolute Gasteiger partial charge is 0.222 e. The Bertz CT molecular complexity index is 611. The largest absolute Gasteiger partial charge is 0.343 e. The zero-order valence-corrected chi connectivity index (χ0v) is 19.9. The van der Waals surface area contributed by atoms with Gasteiger partial charge in [-0.05, 0) is 42.5 Å². The van der Waals surface area contributed by atoms with Crippen molar-refractivity contribution in [2.45, 2.75) is 141 Å². The van der Waals surface area contributed by atoms with E-state index in [1.54, 1.807) is 0 Å². The topological polar surface area (TPSA) is 63.9 Å². The maximum absolute atomic E-state index is 12.7. The molecular weight excluding hydrogens is 386 g/mol. The molecule has 0 aromatic carbocycles. The van der Waals surface area contributed by atoms with E-state index in [2.05, 4.69) is 20.2 Å². The first-order valence-electron chi connectivity index (χ1n) is 13.3. The molecule has 2 saturated carbocycles. The third-order valence-corrected chi connectivity index (χ3v) is 7.54. The molecule has 0 radical (unpaired) electrons. The molecule has 0 atom stereocenters. The van der Waals surface area contributed by atoms with Crippen molar-refractivity contribution in [2.24, 2.45) is 0 Å². The Labute approximate surface area is 189 Å². The van der Waals surface area contributed by atoms with Gasteiger partial charge in [0.1, 0.15) is 0 Å². The van der Waals surface area contributed by atoms with Crippen LogP contribution in [0, 0.1) is 0 Å². The van der Waals surface area contributed by atoms with Crippen molar-refractivity contribution in [3.05, 3.63) is 5.82 Å². The summed E-state index contributed by atoms with van der Waals surface area (Å²) in [4.78, 5) is 14.7. The predicted molar refractivity (Wildman–Crippen MR) is 125 cm³/mol. The molecule has 6 nitrogen and oxygen atoms in total. The molecule has 1 amide bonds. The summed E-state index contributed by atoms with van der Waals surface area (Å²) in [6.07, 6.45) is 24.3. The Hall–Kier alpha value is -1.46. The number of tetrazole rings is 1. The summed E-state index contributed by atoms with van der Waals surface area (Å²) in [6.45, 7) is 0. The Balaban J connectivity index is 1.48. The fourth-order valence-electron chi connectivity index (χ4n) is 5.47. The summed E-state index contributed by atoms with van der Waals surface area (Å²) in [5, 5.41) is 12.8. The van der Waals surface area contributed by atoms with Crippen molar-refractivity contribution in [3.8, 4) is 0 Å². The van der Waals surface area contributed by atoms with Crippen LogP contribution in [-0.2, 0) is 11.2 Å². The number of hydrogen-bond donors (Lipinski definition) is 0. The fourth-order valence-corrected chi connectivity index (χ4v) is 5.47. The van der Waals surface area contributed by atoms with Gasteiger partial charge in [-0.2, -0.15) is 0 Å². The van der Waals surface area contributed by atoms with E-state index in [0.29, 0.717) is 18.5 Å². The second-order valence-electron chi connectivity index (χ2n) is 9.96. The molecule has 1 heterocycles. The fraction of sp³-hybridized carbons (Fsp3) is 0.920. The molecule has 0 spiro atoms. The van der Waals surface area contributed by atoms with Crippen LogP contribution >= 0.6 is 0 Å². The molecule has 31 heavy (non-hydrogen) atoms. The molecule has 0 N–H and O–H groups in total. The van der Waals surface area contributed by atoms with Crippen LogP contribution < -0.4 is 0 Å². The third kappa shape index (κ3) is 8.19. The van der Waals surface area contributed by atoms with Crippen LogP contribution in [0.25, 0.3) is 0 Å². The van der Waals surface area contributed by atoms with Crippen LogP contribution in [0.4, 0.5) is 0 Å². The molecule has 0 bridgehead atoms. The summed E-state index contributed by atoms with van der Waals surface area (Å²) >= 11 is 0. The molecule has 0 saturated heterocycles. The molecule has 6 heteroatoms. The highest BCUT2D eigenvalue weighted by Crippen LogP contribution is 2.26. The van der Waals surface area contributed by atoms with E-state index in [9.17, 15) is 4.79 Å². The molecule has 1 aromatic rings. The molecule has 2 fully saturated rings. The number of aryl methyl sites for hydroxylation is 1. The first-order chi connectivity index (χ1) is 15.3. The second kappa shape index (κ2) is 13.8. The van der Waals surface area contributed by atoms with E-state index in [4.69, 9.17) is 0 Å². The van der Waals surface area contributed by atoms with Crippen LogP contribution in [0.3, 0.4) is 0 Å². The number of rotatable bonds is 6. The summed E-state index contributed by atoms with van der Waals surface area (Å²) in [6, 6.07) is 0.873. The molecule has 2 aliphatic carbocycles. The summed E-state index contributed by atoms with van der Waals surface area (Å²) in [7, 11) is 2.00. The van der Waals surface area contributed by atoms with Gasteiger partial charge in [0.2, 0.25) is 5.91 Å². The zero-order chi connectivity index (χ0) is 21.7. The van der Waals surface area contributed by atoms with E-state index >= 15 is 0 Å². The molecule has 0 unspecified atom stereocenters. The van der Waals surface area contributed by atoms with Gasteiger partial charge in [0.15, 0.2) is 5.82 Å². The van der Waals surface area contributed by atoms with Crippen molar-refractivity contribution in [1.29, 1.82) is 0 Å². The van der Waals surface area contributed by atoms with Gasteiger partial charge >= 0.3 is 0 Å². The minimum Gasteiger partial charge on any atom is -0.343 e. The summed E-state index contributed by atoms with van der Waals surface area (Å²) in [5.41, 5.74) is 0. The van der Waals surface area contributed by atoms with Gasteiger partial charge in [-0.25, -0.2) is 4.68 Å². The van der Waals surface area contributed by atoms with Gasteiger partial charge in [0.05, 0.1) is 6.04 Å². The van der Waals surface area contributed by atoms with Crippen molar-refractivity contribution < 1.29 is 4.79 Å². The highest BCUT2D eigenvalue weighted by atomic mass is 16.2. The normalized spacial score (nSPS) is 21.1. The van der Waals surface area contributed by atoms with Crippen molar-refractivity contribution in [2.75, 3.05) is 7.05 Å². The Morgan fingerprint density at radius 3 is 1.97 bits per heavy atom. The molecule has 176 valence electrons. The maximum atomic E-state index is 12.7. The standard InChI is InChI=1S/C25H45N5O/c1-29(22-16-13-10-14-17-22)25(31)21-15-20-24-26-27-28-30(24)23-18-11-8-6-4-2-3-5-7-9-12-19-23/h22-23H,2-21H2,1H3. The number of amides is 1. The quantitative estimate of drug-likeness (QED) is 0.552. The lowest BCUT2D eigenvalue weighted by atomic mass is 9.94. The minimum atomic E-state index is 0.285. The van der Waals surface area contributed by atoms with Crippen molar-refractivity contribution in [3.63, 3.8) is 0 Å². The summed E-state index contributed by atoms with van der Waals surface area (Å²) in [5.74, 6) is 1.26.